The summed E-state index contributed by atoms with van der Waals surface area (Å²) in [5.41, 5.74) is 0.645. The first-order valence-corrected chi connectivity index (χ1v) is 9.04. The molecule has 10 heteroatoms. The molecule has 1 aromatic heterocycles. The molecule has 8 nitrogen and oxygen atoms in total. The molecule has 1 N–H and O–H groups in total. The van der Waals surface area contributed by atoms with Crippen LogP contribution in [0.5, 0.6) is 0 Å². The molecule has 2 heterocycles. The average Bonchev–Trinajstić information content (AvgIpc) is 3.39. The first-order valence-electron chi connectivity index (χ1n) is 9.04. The van der Waals surface area contributed by atoms with E-state index in [4.69, 9.17) is 4.74 Å². The largest absolute Gasteiger partial charge is 0.444 e. The zero-order chi connectivity index (χ0) is 20.2. The van der Waals surface area contributed by atoms with Gasteiger partial charge >= 0.3 is 6.09 Å². The summed E-state index contributed by atoms with van der Waals surface area (Å²) < 4.78 is 34.3. The predicted molar refractivity (Wildman–Crippen MR) is 100 cm³/mol. The highest BCUT2D eigenvalue weighted by atomic mass is 19.1. The SMILES string of the molecule is O=C(Nc1cc(F)c(N2CCC(n3ncnn3)C2)c(F)c1)OCc1ccccc1. The molecule has 3 aromatic rings. The molecular weight excluding hydrogens is 382 g/mol. The number of ether oxygens (including phenoxy) is 1. The number of rotatable bonds is 5. The second-order valence-corrected chi connectivity index (χ2v) is 6.62. The van der Waals surface area contributed by atoms with Gasteiger partial charge in [-0.05, 0) is 29.3 Å². The van der Waals surface area contributed by atoms with E-state index in [0.29, 0.717) is 19.5 Å². The van der Waals surface area contributed by atoms with Gasteiger partial charge in [0.15, 0.2) is 18.0 Å². The van der Waals surface area contributed by atoms with Gasteiger partial charge in [-0.3, -0.25) is 5.32 Å². The molecule has 1 saturated heterocycles. The van der Waals surface area contributed by atoms with Crippen molar-refractivity contribution >= 4 is 17.5 Å². The number of amides is 1. The molecule has 2 aromatic carbocycles. The third-order valence-corrected chi connectivity index (χ3v) is 4.65. The highest BCUT2D eigenvalue weighted by Gasteiger charge is 2.29. The number of carbonyl (C=O) groups is 1. The lowest BCUT2D eigenvalue weighted by atomic mass is 10.2. The van der Waals surface area contributed by atoms with E-state index in [1.165, 1.54) is 11.1 Å². The summed E-state index contributed by atoms with van der Waals surface area (Å²) in [5.74, 6) is -1.54. The predicted octanol–water partition coefficient (Wildman–Crippen LogP) is 3.15. The Morgan fingerprint density at radius 2 is 1.97 bits per heavy atom. The smallest absolute Gasteiger partial charge is 0.411 e. The Morgan fingerprint density at radius 1 is 1.21 bits per heavy atom. The minimum Gasteiger partial charge on any atom is -0.444 e. The van der Waals surface area contributed by atoms with E-state index >= 15 is 0 Å². The first kappa shape index (κ1) is 18.8. The molecule has 4 rings (SSSR count). The van der Waals surface area contributed by atoms with E-state index in [9.17, 15) is 13.6 Å². The number of nitrogens with zero attached hydrogens (tertiary/aromatic N) is 5. The standard InChI is InChI=1S/C19H18F2N6O2/c20-16-8-14(24-19(28)29-11-13-4-2-1-3-5-13)9-17(21)18(16)26-7-6-15(10-26)27-23-12-22-25-27/h1-5,8-9,12,15H,6-7,10-11H2,(H,24,28). The van der Waals surface area contributed by atoms with Crippen molar-refractivity contribution in [1.29, 1.82) is 0 Å². The van der Waals surface area contributed by atoms with Crippen molar-refractivity contribution in [3.8, 4) is 0 Å². The Morgan fingerprint density at radius 3 is 2.66 bits per heavy atom. The van der Waals surface area contributed by atoms with Crippen LogP contribution in [0.4, 0.5) is 25.0 Å². The number of hydrogen-bond acceptors (Lipinski definition) is 6. The summed E-state index contributed by atoms with van der Waals surface area (Å²) in [4.78, 5) is 14.9. The van der Waals surface area contributed by atoms with Gasteiger partial charge in [0.25, 0.3) is 0 Å². The highest BCUT2D eigenvalue weighted by Crippen LogP contribution is 2.32. The molecular formula is C19H18F2N6O2. The molecule has 0 aliphatic carbocycles. The number of anilines is 2. The Hall–Kier alpha value is -3.56. The average molecular weight is 400 g/mol. The Labute approximate surface area is 165 Å². The maximum atomic E-state index is 14.6. The lowest BCUT2D eigenvalue weighted by Crippen LogP contribution is -2.24. The van der Waals surface area contributed by atoms with Gasteiger partial charge in [0.2, 0.25) is 0 Å². The third kappa shape index (κ3) is 4.31. The molecule has 0 bridgehead atoms. The molecule has 0 spiro atoms. The monoisotopic (exact) mass is 400 g/mol. The Bertz CT molecular complexity index is 961. The minimum absolute atomic E-state index is 0.0181. The van der Waals surface area contributed by atoms with Crippen LogP contribution >= 0.6 is 0 Å². The van der Waals surface area contributed by atoms with Gasteiger partial charge in [-0.25, -0.2) is 13.6 Å². The van der Waals surface area contributed by atoms with Crippen LogP contribution in [-0.4, -0.2) is 39.4 Å². The van der Waals surface area contributed by atoms with Crippen molar-refractivity contribution in [1.82, 2.24) is 20.2 Å². The topological polar surface area (TPSA) is 85.2 Å². The van der Waals surface area contributed by atoms with Crippen LogP contribution < -0.4 is 10.2 Å². The molecule has 1 amide bonds. The molecule has 29 heavy (non-hydrogen) atoms. The van der Waals surface area contributed by atoms with Crippen LogP contribution in [0.2, 0.25) is 0 Å². The number of benzene rings is 2. The van der Waals surface area contributed by atoms with E-state index in [-0.39, 0.29) is 24.0 Å². The fourth-order valence-electron chi connectivity index (χ4n) is 3.29. The van der Waals surface area contributed by atoms with E-state index in [1.54, 1.807) is 17.0 Å². The second-order valence-electron chi connectivity index (χ2n) is 6.62. The van der Waals surface area contributed by atoms with E-state index < -0.39 is 17.7 Å². The minimum atomic E-state index is -0.793. The van der Waals surface area contributed by atoms with Gasteiger partial charge in [0.1, 0.15) is 12.3 Å². The van der Waals surface area contributed by atoms with Crippen molar-refractivity contribution in [2.75, 3.05) is 23.3 Å². The first-order chi connectivity index (χ1) is 14.1. The number of nitrogens with one attached hydrogen (secondary N) is 1. The van der Waals surface area contributed by atoms with Crippen molar-refractivity contribution in [2.45, 2.75) is 19.1 Å². The van der Waals surface area contributed by atoms with Crippen LogP contribution in [0, 0.1) is 11.6 Å². The number of halogens is 2. The number of hydrogen-bond donors (Lipinski definition) is 1. The molecule has 0 radical (unpaired) electrons. The zero-order valence-electron chi connectivity index (χ0n) is 15.3. The fraction of sp³-hybridized carbons (Fsp3) is 0.263. The fourth-order valence-corrected chi connectivity index (χ4v) is 3.29. The molecule has 150 valence electrons. The van der Waals surface area contributed by atoms with Gasteiger partial charge in [-0.15, -0.1) is 10.2 Å². The second kappa shape index (κ2) is 8.21. The van der Waals surface area contributed by atoms with Crippen molar-refractivity contribution < 1.29 is 18.3 Å². The van der Waals surface area contributed by atoms with Gasteiger partial charge in [0.05, 0.1) is 6.04 Å². The maximum absolute atomic E-state index is 14.6. The summed E-state index contributed by atoms with van der Waals surface area (Å²) >= 11 is 0. The Kier molecular flexibility index (Phi) is 5.32. The summed E-state index contributed by atoms with van der Waals surface area (Å²) in [6.07, 6.45) is 1.17. The van der Waals surface area contributed by atoms with Crippen LogP contribution in [0.3, 0.4) is 0 Å². The zero-order valence-corrected chi connectivity index (χ0v) is 15.3. The van der Waals surface area contributed by atoms with Crippen LogP contribution in [0.15, 0.2) is 48.8 Å². The molecule has 1 aliphatic rings. The molecule has 1 atom stereocenters. The van der Waals surface area contributed by atoms with Gasteiger partial charge in [0, 0.05) is 18.8 Å². The Balaban J connectivity index is 1.40. The van der Waals surface area contributed by atoms with E-state index in [0.717, 1.165) is 17.7 Å². The van der Waals surface area contributed by atoms with Crippen molar-refractivity contribution in [3.63, 3.8) is 0 Å². The molecule has 1 unspecified atom stereocenters. The lowest BCUT2D eigenvalue weighted by molar-refractivity contribution is 0.155. The summed E-state index contributed by atoms with van der Waals surface area (Å²) in [5, 5.41) is 13.8. The van der Waals surface area contributed by atoms with Gasteiger partial charge < -0.3 is 9.64 Å². The highest BCUT2D eigenvalue weighted by molar-refractivity contribution is 5.85. The van der Waals surface area contributed by atoms with Gasteiger partial charge in [-0.2, -0.15) is 4.80 Å². The summed E-state index contributed by atoms with van der Waals surface area (Å²) in [6.45, 7) is 0.864. The lowest BCUT2D eigenvalue weighted by Gasteiger charge is -2.20. The maximum Gasteiger partial charge on any atom is 0.411 e. The van der Waals surface area contributed by atoms with Crippen molar-refractivity contribution in [3.05, 3.63) is 66.0 Å². The van der Waals surface area contributed by atoms with Crippen LogP contribution in [0.25, 0.3) is 0 Å². The van der Waals surface area contributed by atoms with Crippen LogP contribution in [0.1, 0.15) is 18.0 Å². The number of carbonyl (C=O) groups excluding carboxylic acids is 1. The van der Waals surface area contributed by atoms with E-state index in [2.05, 4.69) is 20.7 Å². The molecule has 0 saturated carbocycles. The van der Waals surface area contributed by atoms with E-state index in [1.807, 2.05) is 18.2 Å². The molecule has 1 aliphatic heterocycles. The normalized spacial score (nSPS) is 16.1. The summed E-state index contributed by atoms with van der Waals surface area (Å²) in [6, 6.07) is 11.1. The van der Waals surface area contributed by atoms with Crippen LogP contribution in [-0.2, 0) is 11.3 Å². The quantitative estimate of drug-likeness (QED) is 0.708. The van der Waals surface area contributed by atoms with Gasteiger partial charge in [-0.1, -0.05) is 30.3 Å². The summed E-state index contributed by atoms with van der Waals surface area (Å²) in [7, 11) is 0. The number of tetrazole rings is 1. The molecule has 1 fully saturated rings. The number of aromatic nitrogens is 4. The third-order valence-electron chi connectivity index (χ3n) is 4.65. The van der Waals surface area contributed by atoms with Crippen molar-refractivity contribution in [2.24, 2.45) is 0 Å².